The van der Waals surface area contributed by atoms with Gasteiger partial charge in [0.1, 0.15) is 11.9 Å². The number of nitrogens with one attached hydrogen (secondary N) is 3. The van der Waals surface area contributed by atoms with Crippen LogP contribution in [0, 0.1) is 0 Å². The number of fused-ring (bicyclic) bond motifs is 1. The Morgan fingerprint density at radius 2 is 2.00 bits per heavy atom. The molecule has 0 spiro atoms. The summed E-state index contributed by atoms with van der Waals surface area (Å²) in [7, 11) is 0. The van der Waals surface area contributed by atoms with Crippen LogP contribution in [0.4, 0.5) is 0 Å². The monoisotopic (exact) mass is 268 g/mol. The Balaban J connectivity index is 2.19. The molecule has 2 aromatic heterocycles. The molecule has 2 aromatic rings. The molecule has 19 heavy (non-hydrogen) atoms. The third kappa shape index (κ3) is 1.83. The van der Waals surface area contributed by atoms with Crippen molar-refractivity contribution in [2.24, 2.45) is 0 Å². The molecule has 2 unspecified atom stereocenters. The molecule has 9 heteroatoms. The number of hydrogen-bond acceptors (Lipinski definition) is 5. The van der Waals surface area contributed by atoms with Crippen molar-refractivity contribution in [3.05, 3.63) is 31.3 Å². The number of aromatic amines is 3. The van der Waals surface area contributed by atoms with Crippen LogP contribution in [-0.2, 0) is 4.74 Å². The van der Waals surface area contributed by atoms with Gasteiger partial charge in [-0.15, -0.1) is 0 Å². The van der Waals surface area contributed by atoms with Crippen molar-refractivity contribution in [1.82, 2.24) is 19.5 Å². The Morgan fingerprint density at radius 3 is 2.68 bits per heavy atom. The molecule has 9 nitrogen and oxygen atoms in total. The fourth-order valence-electron chi connectivity index (χ4n) is 2.33. The highest BCUT2D eigenvalue weighted by molar-refractivity contribution is 5.68. The van der Waals surface area contributed by atoms with E-state index in [1.165, 1.54) is 4.57 Å². The molecule has 0 radical (unpaired) electrons. The molecule has 1 fully saturated rings. The predicted octanol–water partition coefficient (Wildman–Crippen LogP) is -1.62. The van der Waals surface area contributed by atoms with Crippen LogP contribution in [-0.4, -0.2) is 37.3 Å². The van der Waals surface area contributed by atoms with Gasteiger partial charge in [0.2, 0.25) is 0 Å². The van der Waals surface area contributed by atoms with E-state index in [9.17, 15) is 14.4 Å². The summed E-state index contributed by atoms with van der Waals surface area (Å²) >= 11 is 0. The summed E-state index contributed by atoms with van der Waals surface area (Å²) in [5, 5.41) is 9.02. The highest BCUT2D eigenvalue weighted by Crippen LogP contribution is 2.27. The lowest BCUT2D eigenvalue weighted by molar-refractivity contribution is -0.0221. The van der Waals surface area contributed by atoms with Crippen LogP contribution in [0.5, 0.6) is 0 Å². The molecule has 2 atom stereocenters. The van der Waals surface area contributed by atoms with Crippen LogP contribution in [0.2, 0.25) is 0 Å². The molecular weight excluding hydrogens is 256 g/mol. The standard InChI is InChI=1S/C10H12N4O5/c15-3-4-1-2-5(19-4)14-7-6(11-10(14)18)8(16)13-9(17)12-7/h4-5,15H,1-3H2,(H,11,18)(H2,12,13,16,17). The number of imidazole rings is 1. The van der Waals surface area contributed by atoms with Crippen molar-refractivity contribution < 1.29 is 9.84 Å². The smallest absolute Gasteiger partial charge is 0.329 e. The van der Waals surface area contributed by atoms with Crippen LogP contribution in [0.25, 0.3) is 11.2 Å². The lowest BCUT2D eigenvalue weighted by atomic mass is 10.2. The topological polar surface area (TPSA) is 133 Å². The first-order chi connectivity index (χ1) is 9.10. The maximum atomic E-state index is 11.9. The van der Waals surface area contributed by atoms with Crippen molar-refractivity contribution in [2.45, 2.75) is 25.2 Å². The van der Waals surface area contributed by atoms with Crippen molar-refractivity contribution in [2.75, 3.05) is 6.61 Å². The number of rotatable bonds is 2. The summed E-state index contributed by atoms with van der Waals surface area (Å²) in [5.41, 5.74) is -1.79. The fraction of sp³-hybridized carbons (Fsp3) is 0.500. The van der Waals surface area contributed by atoms with Crippen molar-refractivity contribution in [3.8, 4) is 0 Å². The van der Waals surface area contributed by atoms with E-state index >= 15 is 0 Å². The second-order valence-electron chi connectivity index (χ2n) is 4.40. The lowest BCUT2D eigenvalue weighted by Crippen LogP contribution is -2.25. The minimum absolute atomic E-state index is 0.000600. The molecule has 0 bridgehead atoms. The van der Waals surface area contributed by atoms with Gasteiger partial charge in [-0.05, 0) is 12.8 Å². The van der Waals surface area contributed by atoms with Crippen molar-refractivity contribution in [1.29, 1.82) is 0 Å². The normalized spacial score (nSPS) is 23.2. The lowest BCUT2D eigenvalue weighted by Gasteiger charge is -2.12. The van der Waals surface area contributed by atoms with Crippen LogP contribution in [0.3, 0.4) is 0 Å². The van der Waals surface area contributed by atoms with Gasteiger partial charge in [-0.2, -0.15) is 0 Å². The summed E-state index contributed by atoms with van der Waals surface area (Å²) in [6.45, 7) is -0.134. The SMILES string of the molecule is O=c1[nH]c(=O)c2[nH]c(=O)n(C3CCC(CO)O3)c2[nH]1. The number of aliphatic hydroxyl groups excluding tert-OH is 1. The molecule has 0 aliphatic carbocycles. The Morgan fingerprint density at radius 1 is 1.21 bits per heavy atom. The van der Waals surface area contributed by atoms with Gasteiger partial charge < -0.3 is 9.84 Å². The summed E-state index contributed by atoms with van der Waals surface area (Å²) < 4.78 is 6.68. The summed E-state index contributed by atoms with van der Waals surface area (Å²) in [6.07, 6.45) is 0.187. The van der Waals surface area contributed by atoms with Gasteiger partial charge in [0.15, 0.2) is 5.52 Å². The zero-order chi connectivity index (χ0) is 13.6. The molecule has 3 rings (SSSR count). The van der Waals surface area contributed by atoms with E-state index < -0.39 is 23.2 Å². The van der Waals surface area contributed by atoms with E-state index in [4.69, 9.17) is 9.84 Å². The second kappa shape index (κ2) is 4.21. The Labute approximate surface area is 104 Å². The van der Waals surface area contributed by atoms with E-state index in [2.05, 4.69) is 9.97 Å². The molecule has 1 aliphatic rings. The number of ether oxygens (including phenoxy) is 1. The molecule has 3 heterocycles. The molecular formula is C10H12N4O5. The van der Waals surface area contributed by atoms with Crippen LogP contribution in [0.1, 0.15) is 19.1 Å². The van der Waals surface area contributed by atoms with Crippen LogP contribution >= 0.6 is 0 Å². The first-order valence-corrected chi connectivity index (χ1v) is 5.83. The largest absolute Gasteiger partial charge is 0.394 e. The average molecular weight is 268 g/mol. The zero-order valence-corrected chi connectivity index (χ0v) is 9.80. The highest BCUT2D eigenvalue weighted by atomic mass is 16.5. The molecule has 1 aliphatic heterocycles. The molecule has 102 valence electrons. The van der Waals surface area contributed by atoms with Gasteiger partial charge in [0.05, 0.1) is 12.7 Å². The maximum Gasteiger partial charge on any atom is 0.329 e. The van der Waals surface area contributed by atoms with E-state index in [1.807, 2.05) is 4.98 Å². The van der Waals surface area contributed by atoms with Crippen molar-refractivity contribution in [3.63, 3.8) is 0 Å². The number of aromatic nitrogens is 4. The predicted molar refractivity (Wildman–Crippen MR) is 64.0 cm³/mol. The number of aliphatic hydroxyl groups is 1. The Bertz CT molecular complexity index is 782. The Kier molecular flexibility index (Phi) is 2.64. The van der Waals surface area contributed by atoms with E-state index in [-0.39, 0.29) is 23.9 Å². The summed E-state index contributed by atoms with van der Waals surface area (Å²) in [4.78, 5) is 41.5. The molecule has 0 saturated carbocycles. The van der Waals surface area contributed by atoms with Crippen LogP contribution < -0.4 is 16.9 Å². The maximum absolute atomic E-state index is 11.9. The first kappa shape index (κ1) is 11.9. The third-order valence-corrected chi connectivity index (χ3v) is 3.19. The van der Waals surface area contributed by atoms with Gasteiger partial charge in [-0.3, -0.25) is 24.3 Å². The minimum atomic E-state index is -0.693. The van der Waals surface area contributed by atoms with E-state index in [0.717, 1.165) is 0 Å². The van der Waals surface area contributed by atoms with Gasteiger partial charge in [-0.25, -0.2) is 9.59 Å². The van der Waals surface area contributed by atoms with Gasteiger partial charge >= 0.3 is 11.4 Å². The number of hydrogen-bond donors (Lipinski definition) is 4. The van der Waals surface area contributed by atoms with Crippen molar-refractivity contribution >= 4 is 11.2 Å². The van der Waals surface area contributed by atoms with Gasteiger partial charge in [-0.1, -0.05) is 0 Å². The summed E-state index contributed by atoms with van der Waals surface area (Å²) in [6, 6.07) is 0. The molecule has 4 N–H and O–H groups in total. The van der Waals surface area contributed by atoms with E-state index in [1.54, 1.807) is 0 Å². The first-order valence-electron chi connectivity index (χ1n) is 5.83. The zero-order valence-electron chi connectivity index (χ0n) is 9.80. The molecule has 1 saturated heterocycles. The van der Waals surface area contributed by atoms with Gasteiger partial charge in [0, 0.05) is 0 Å². The highest BCUT2D eigenvalue weighted by Gasteiger charge is 2.29. The van der Waals surface area contributed by atoms with Crippen LogP contribution in [0.15, 0.2) is 14.4 Å². The third-order valence-electron chi connectivity index (χ3n) is 3.19. The van der Waals surface area contributed by atoms with Gasteiger partial charge in [0.25, 0.3) is 5.56 Å². The Hall–Kier alpha value is -2.13. The summed E-state index contributed by atoms with van der Waals surface area (Å²) in [5.74, 6) is 0. The molecule has 0 aromatic carbocycles. The average Bonchev–Trinajstić information content (AvgIpc) is 2.93. The minimum Gasteiger partial charge on any atom is -0.394 e. The molecule has 0 amide bonds. The van der Waals surface area contributed by atoms with E-state index in [0.29, 0.717) is 12.8 Å². The number of nitrogens with zero attached hydrogens (tertiary/aromatic N) is 1. The second-order valence-corrected chi connectivity index (χ2v) is 4.40. The quantitative estimate of drug-likeness (QED) is 0.519. The fourth-order valence-corrected chi connectivity index (χ4v) is 2.33. The number of H-pyrrole nitrogens is 3.